The summed E-state index contributed by atoms with van der Waals surface area (Å²) in [5, 5.41) is 12.5. The first-order valence-electron chi connectivity index (χ1n) is 9.51. The van der Waals surface area contributed by atoms with E-state index in [0.717, 1.165) is 24.9 Å². The fourth-order valence-electron chi connectivity index (χ4n) is 3.69. The molecule has 138 valence electrons. The number of rotatable bonds is 7. The number of nitrogens with one attached hydrogen (secondary N) is 1. The quantitative estimate of drug-likeness (QED) is 0.806. The van der Waals surface area contributed by atoms with Crippen LogP contribution < -0.4 is 5.32 Å². The molecule has 0 bridgehead atoms. The summed E-state index contributed by atoms with van der Waals surface area (Å²) in [6, 6.07) is 18.8. The van der Waals surface area contributed by atoms with Crippen LogP contribution in [0.15, 0.2) is 54.6 Å². The summed E-state index contributed by atoms with van der Waals surface area (Å²) < 4.78 is 0. The summed E-state index contributed by atoms with van der Waals surface area (Å²) in [5.74, 6) is 0.161. The molecule has 0 fully saturated rings. The minimum absolute atomic E-state index is 0.0199. The summed E-state index contributed by atoms with van der Waals surface area (Å²) in [4.78, 5) is 15.0. The van der Waals surface area contributed by atoms with Gasteiger partial charge < -0.3 is 15.3 Å². The van der Waals surface area contributed by atoms with Gasteiger partial charge in [0.25, 0.3) is 0 Å². The van der Waals surface area contributed by atoms with Crippen molar-refractivity contribution in [1.82, 2.24) is 10.2 Å². The lowest BCUT2D eigenvalue weighted by molar-refractivity contribution is -0.133. The second-order valence-corrected chi connectivity index (χ2v) is 6.84. The molecule has 0 saturated heterocycles. The third-order valence-electron chi connectivity index (χ3n) is 5.20. The van der Waals surface area contributed by atoms with Crippen molar-refractivity contribution in [2.24, 2.45) is 0 Å². The van der Waals surface area contributed by atoms with E-state index in [1.165, 1.54) is 11.1 Å². The zero-order valence-electron chi connectivity index (χ0n) is 15.4. The van der Waals surface area contributed by atoms with Gasteiger partial charge in [0.1, 0.15) is 0 Å². The Bertz CT molecular complexity index is 713. The van der Waals surface area contributed by atoms with Crippen molar-refractivity contribution < 1.29 is 9.90 Å². The highest BCUT2D eigenvalue weighted by Gasteiger charge is 2.31. The minimum Gasteiger partial charge on any atom is -0.395 e. The molecule has 0 aromatic heterocycles. The maximum Gasteiger partial charge on any atom is 0.224 e. The Balaban J connectivity index is 1.78. The monoisotopic (exact) mass is 352 g/mol. The number of nitrogens with zero attached hydrogens (tertiary/aromatic N) is 1. The van der Waals surface area contributed by atoms with Crippen LogP contribution in [0.4, 0.5) is 0 Å². The van der Waals surface area contributed by atoms with Crippen LogP contribution in [0.1, 0.15) is 42.5 Å². The number of carbonyl (C=O) groups excluding carboxylic acids is 1. The average Bonchev–Trinajstić information content (AvgIpc) is 2.71. The molecule has 2 aromatic rings. The number of fused-ring (bicyclic) bond motifs is 1. The minimum atomic E-state index is -0.0199. The first-order chi connectivity index (χ1) is 12.7. The fraction of sp³-hybridized carbons (Fsp3) is 0.409. The molecule has 2 aromatic carbocycles. The lowest BCUT2D eigenvalue weighted by Crippen LogP contribution is -2.42. The van der Waals surface area contributed by atoms with E-state index in [2.05, 4.69) is 41.7 Å². The SMILES string of the molecule is CC[C@@H](CO)NCCC(=O)N1CCc2ccccc2[C@@H]1c1ccccc1. The van der Waals surface area contributed by atoms with Crippen LogP contribution in [0.2, 0.25) is 0 Å². The number of aliphatic hydroxyl groups excluding tert-OH is 1. The van der Waals surface area contributed by atoms with Gasteiger partial charge in [-0.3, -0.25) is 4.79 Å². The van der Waals surface area contributed by atoms with Crippen molar-refractivity contribution >= 4 is 5.91 Å². The number of benzene rings is 2. The average molecular weight is 352 g/mol. The smallest absolute Gasteiger partial charge is 0.224 e. The predicted molar refractivity (Wildman–Crippen MR) is 104 cm³/mol. The molecule has 2 N–H and O–H groups in total. The van der Waals surface area contributed by atoms with Crippen molar-refractivity contribution in [3.05, 3.63) is 71.3 Å². The van der Waals surface area contributed by atoms with Gasteiger partial charge in [0.2, 0.25) is 5.91 Å². The first kappa shape index (κ1) is 18.6. The lowest BCUT2D eigenvalue weighted by Gasteiger charge is -2.38. The van der Waals surface area contributed by atoms with Gasteiger partial charge in [0.05, 0.1) is 12.6 Å². The van der Waals surface area contributed by atoms with Crippen LogP contribution in [-0.2, 0) is 11.2 Å². The van der Waals surface area contributed by atoms with E-state index in [0.29, 0.717) is 13.0 Å². The summed E-state index contributed by atoms with van der Waals surface area (Å²) in [7, 11) is 0. The van der Waals surface area contributed by atoms with Crippen LogP contribution in [0.25, 0.3) is 0 Å². The van der Waals surface area contributed by atoms with E-state index in [1.54, 1.807) is 0 Å². The summed E-state index contributed by atoms with van der Waals surface area (Å²) in [6.45, 7) is 3.47. The number of hydrogen-bond acceptors (Lipinski definition) is 3. The molecule has 2 atom stereocenters. The molecule has 0 aliphatic carbocycles. The Morgan fingerprint density at radius 1 is 1.19 bits per heavy atom. The lowest BCUT2D eigenvalue weighted by atomic mass is 9.88. The van der Waals surface area contributed by atoms with E-state index in [1.807, 2.05) is 30.0 Å². The summed E-state index contributed by atoms with van der Waals surface area (Å²) >= 11 is 0. The molecule has 1 aliphatic rings. The van der Waals surface area contributed by atoms with Gasteiger partial charge >= 0.3 is 0 Å². The molecule has 0 unspecified atom stereocenters. The van der Waals surface area contributed by atoms with Gasteiger partial charge in [-0.1, -0.05) is 61.5 Å². The van der Waals surface area contributed by atoms with Gasteiger partial charge in [0.15, 0.2) is 0 Å². The number of carbonyl (C=O) groups is 1. The molecule has 4 nitrogen and oxygen atoms in total. The van der Waals surface area contributed by atoms with Crippen LogP contribution in [0, 0.1) is 0 Å². The van der Waals surface area contributed by atoms with Crippen molar-refractivity contribution in [2.45, 2.75) is 38.3 Å². The molecular formula is C22H28N2O2. The molecule has 3 rings (SSSR count). The fourth-order valence-corrected chi connectivity index (χ4v) is 3.69. The van der Waals surface area contributed by atoms with Crippen molar-refractivity contribution in [2.75, 3.05) is 19.7 Å². The van der Waals surface area contributed by atoms with E-state index in [-0.39, 0.29) is 24.6 Å². The molecule has 0 saturated carbocycles. The maximum absolute atomic E-state index is 13.0. The Hall–Kier alpha value is -2.17. The number of amides is 1. The second-order valence-electron chi connectivity index (χ2n) is 6.84. The Morgan fingerprint density at radius 2 is 1.92 bits per heavy atom. The number of aliphatic hydroxyl groups is 1. The van der Waals surface area contributed by atoms with E-state index < -0.39 is 0 Å². The zero-order valence-corrected chi connectivity index (χ0v) is 15.4. The topological polar surface area (TPSA) is 52.6 Å². The first-order valence-corrected chi connectivity index (χ1v) is 9.51. The predicted octanol–water partition coefficient (Wildman–Crippen LogP) is 2.91. The molecule has 1 aliphatic heterocycles. The van der Waals surface area contributed by atoms with E-state index in [9.17, 15) is 9.90 Å². The third-order valence-corrected chi connectivity index (χ3v) is 5.20. The van der Waals surface area contributed by atoms with E-state index >= 15 is 0 Å². The number of hydrogen-bond donors (Lipinski definition) is 2. The highest BCUT2D eigenvalue weighted by Crippen LogP contribution is 2.35. The Kier molecular flexibility index (Phi) is 6.42. The Morgan fingerprint density at radius 3 is 2.65 bits per heavy atom. The van der Waals surface area contributed by atoms with Gasteiger partial charge in [0, 0.05) is 25.6 Å². The highest BCUT2D eigenvalue weighted by atomic mass is 16.3. The highest BCUT2D eigenvalue weighted by molar-refractivity contribution is 5.78. The Labute approximate surface area is 155 Å². The van der Waals surface area contributed by atoms with Crippen molar-refractivity contribution in [3.63, 3.8) is 0 Å². The van der Waals surface area contributed by atoms with Crippen molar-refractivity contribution in [1.29, 1.82) is 0 Å². The van der Waals surface area contributed by atoms with Crippen LogP contribution in [-0.4, -0.2) is 41.7 Å². The van der Waals surface area contributed by atoms with Crippen molar-refractivity contribution in [3.8, 4) is 0 Å². The zero-order chi connectivity index (χ0) is 18.4. The molecule has 26 heavy (non-hydrogen) atoms. The molecule has 4 heteroatoms. The molecule has 1 amide bonds. The van der Waals surface area contributed by atoms with Crippen LogP contribution in [0.5, 0.6) is 0 Å². The molecule has 1 heterocycles. The van der Waals surface area contributed by atoms with Crippen LogP contribution in [0.3, 0.4) is 0 Å². The second kappa shape index (κ2) is 8.97. The molecular weight excluding hydrogens is 324 g/mol. The van der Waals surface area contributed by atoms with E-state index in [4.69, 9.17) is 0 Å². The van der Waals surface area contributed by atoms with Crippen LogP contribution >= 0.6 is 0 Å². The normalized spacial score (nSPS) is 17.6. The van der Waals surface area contributed by atoms with Gasteiger partial charge in [-0.15, -0.1) is 0 Å². The molecule has 0 radical (unpaired) electrons. The van der Waals surface area contributed by atoms with Gasteiger partial charge in [-0.05, 0) is 29.5 Å². The third kappa shape index (κ3) is 4.14. The van der Waals surface area contributed by atoms with Gasteiger partial charge in [-0.2, -0.15) is 0 Å². The largest absolute Gasteiger partial charge is 0.395 e. The van der Waals surface area contributed by atoms with Gasteiger partial charge in [-0.25, -0.2) is 0 Å². The summed E-state index contributed by atoms with van der Waals surface area (Å²) in [5.41, 5.74) is 3.71. The summed E-state index contributed by atoms with van der Waals surface area (Å²) in [6.07, 6.45) is 2.20. The molecule has 0 spiro atoms. The standard InChI is InChI=1S/C22H28N2O2/c1-2-19(16-25)23-14-12-21(26)24-15-13-17-8-6-7-11-20(17)22(24)18-9-4-3-5-10-18/h3-11,19,22-23,25H,2,12-16H2,1H3/t19-,22-/m0/s1. The maximum atomic E-state index is 13.0.